The van der Waals surface area contributed by atoms with Crippen molar-refractivity contribution in [2.75, 3.05) is 13.2 Å². The van der Waals surface area contributed by atoms with E-state index in [4.69, 9.17) is 15.0 Å². The fraction of sp³-hybridized carbons (Fsp3) is 0.786. The van der Waals surface area contributed by atoms with Gasteiger partial charge in [0.05, 0.1) is 6.10 Å². The standard InChI is InChI=1S/C14H22N4O3/c1-8-17-10(21-18-8)4-6-16-12(19)14(15)9-5-7-20-11(9)13(14,2)3/h9,11H,4-7,15H2,1-3H3,(H,16,19). The lowest BCUT2D eigenvalue weighted by Crippen LogP contribution is -2.80. The number of nitrogens with two attached hydrogens (primary N) is 1. The molecule has 2 heterocycles. The minimum absolute atomic E-state index is 0.0897. The minimum Gasteiger partial charge on any atom is -0.377 e. The Morgan fingerprint density at radius 3 is 2.95 bits per heavy atom. The van der Waals surface area contributed by atoms with Gasteiger partial charge >= 0.3 is 0 Å². The first-order valence-corrected chi connectivity index (χ1v) is 7.35. The number of hydrogen-bond donors (Lipinski definition) is 2. The maximum absolute atomic E-state index is 12.5. The van der Waals surface area contributed by atoms with E-state index in [1.54, 1.807) is 6.92 Å². The molecule has 1 aromatic heterocycles. The van der Waals surface area contributed by atoms with E-state index in [9.17, 15) is 4.79 Å². The number of amides is 1. The van der Waals surface area contributed by atoms with Crippen LogP contribution in [0.3, 0.4) is 0 Å². The molecule has 1 aliphatic heterocycles. The molecule has 1 aromatic rings. The van der Waals surface area contributed by atoms with Gasteiger partial charge in [-0.05, 0) is 13.3 Å². The molecule has 7 nitrogen and oxygen atoms in total. The Morgan fingerprint density at radius 1 is 1.52 bits per heavy atom. The number of nitrogens with one attached hydrogen (secondary N) is 1. The number of rotatable bonds is 4. The molecular formula is C14H22N4O3. The normalized spacial score (nSPS) is 33.3. The van der Waals surface area contributed by atoms with Crippen LogP contribution in [0.2, 0.25) is 0 Å². The topological polar surface area (TPSA) is 103 Å². The number of fused-ring (bicyclic) bond motifs is 1. The van der Waals surface area contributed by atoms with Crippen molar-refractivity contribution in [1.82, 2.24) is 15.5 Å². The third-order valence-electron chi connectivity index (χ3n) is 5.02. The number of hydrogen-bond acceptors (Lipinski definition) is 6. The monoisotopic (exact) mass is 294 g/mol. The van der Waals surface area contributed by atoms with Crippen LogP contribution >= 0.6 is 0 Å². The number of aromatic nitrogens is 2. The van der Waals surface area contributed by atoms with Gasteiger partial charge in [-0.25, -0.2) is 0 Å². The number of aryl methyl sites for hydroxylation is 1. The van der Waals surface area contributed by atoms with Crippen LogP contribution in [-0.4, -0.2) is 40.8 Å². The summed E-state index contributed by atoms with van der Waals surface area (Å²) >= 11 is 0. The maximum Gasteiger partial charge on any atom is 0.241 e. The molecule has 3 rings (SSSR count). The molecule has 1 amide bonds. The summed E-state index contributed by atoms with van der Waals surface area (Å²) in [5.74, 6) is 1.11. The first kappa shape index (κ1) is 14.5. The van der Waals surface area contributed by atoms with Crippen molar-refractivity contribution in [3.8, 4) is 0 Å². The fourth-order valence-electron chi connectivity index (χ4n) is 3.72. The molecule has 1 aliphatic carbocycles. The zero-order valence-electron chi connectivity index (χ0n) is 12.7. The lowest BCUT2D eigenvalue weighted by Gasteiger charge is -2.60. The van der Waals surface area contributed by atoms with Gasteiger partial charge in [0.25, 0.3) is 0 Å². The molecule has 1 saturated heterocycles. The van der Waals surface area contributed by atoms with Gasteiger partial charge in [-0.15, -0.1) is 0 Å². The molecule has 0 radical (unpaired) electrons. The lowest BCUT2D eigenvalue weighted by atomic mass is 9.48. The first-order valence-electron chi connectivity index (χ1n) is 7.35. The van der Waals surface area contributed by atoms with Crippen LogP contribution < -0.4 is 11.1 Å². The predicted octanol–water partition coefficient (Wildman–Crippen LogP) is 0.179. The highest BCUT2D eigenvalue weighted by Gasteiger charge is 2.71. The second kappa shape index (κ2) is 4.78. The third-order valence-corrected chi connectivity index (χ3v) is 5.02. The Labute approximate surface area is 123 Å². The van der Waals surface area contributed by atoms with Crippen molar-refractivity contribution in [2.45, 2.75) is 45.3 Å². The quantitative estimate of drug-likeness (QED) is 0.821. The Kier molecular flexibility index (Phi) is 3.29. The van der Waals surface area contributed by atoms with E-state index in [1.807, 2.05) is 13.8 Å². The lowest BCUT2D eigenvalue weighted by molar-refractivity contribution is -0.175. The van der Waals surface area contributed by atoms with Gasteiger partial charge in [-0.2, -0.15) is 4.98 Å². The van der Waals surface area contributed by atoms with E-state index >= 15 is 0 Å². The summed E-state index contributed by atoms with van der Waals surface area (Å²) in [6.07, 6.45) is 1.45. The van der Waals surface area contributed by atoms with Crippen LogP contribution in [0.15, 0.2) is 4.52 Å². The van der Waals surface area contributed by atoms with Crippen molar-refractivity contribution in [3.05, 3.63) is 11.7 Å². The van der Waals surface area contributed by atoms with Gasteiger partial charge in [0.1, 0.15) is 5.54 Å². The van der Waals surface area contributed by atoms with Crippen molar-refractivity contribution >= 4 is 5.91 Å². The largest absolute Gasteiger partial charge is 0.377 e. The highest BCUT2D eigenvalue weighted by Crippen LogP contribution is 2.58. The van der Waals surface area contributed by atoms with E-state index in [-0.39, 0.29) is 23.3 Å². The predicted molar refractivity (Wildman–Crippen MR) is 74.3 cm³/mol. The molecule has 2 aliphatic rings. The highest BCUT2D eigenvalue weighted by atomic mass is 16.5. The summed E-state index contributed by atoms with van der Waals surface area (Å²) in [4.78, 5) is 16.6. The average molecular weight is 294 g/mol. The van der Waals surface area contributed by atoms with Gasteiger partial charge in [0.15, 0.2) is 5.82 Å². The molecule has 0 bridgehead atoms. The van der Waals surface area contributed by atoms with Gasteiger partial charge < -0.3 is 20.3 Å². The molecule has 1 saturated carbocycles. The Balaban J connectivity index is 1.60. The summed E-state index contributed by atoms with van der Waals surface area (Å²) in [5, 5.41) is 6.62. The van der Waals surface area contributed by atoms with Gasteiger partial charge in [0.2, 0.25) is 11.8 Å². The van der Waals surface area contributed by atoms with Crippen molar-refractivity contribution in [1.29, 1.82) is 0 Å². The average Bonchev–Trinajstić information content (AvgIpc) is 3.05. The van der Waals surface area contributed by atoms with Crippen LogP contribution in [0.1, 0.15) is 32.0 Å². The van der Waals surface area contributed by atoms with E-state index in [0.717, 1.165) is 6.42 Å². The zero-order chi connectivity index (χ0) is 15.3. The van der Waals surface area contributed by atoms with Crippen LogP contribution in [0.4, 0.5) is 0 Å². The van der Waals surface area contributed by atoms with Gasteiger partial charge in [-0.3, -0.25) is 4.79 Å². The number of carbonyl (C=O) groups is 1. The van der Waals surface area contributed by atoms with E-state index in [2.05, 4.69) is 15.5 Å². The van der Waals surface area contributed by atoms with Crippen LogP contribution in [0.5, 0.6) is 0 Å². The van der Waals surface area contributed by atoms with Crippen molar-refractivity contribution in [3.63, 3.8) is 0 Å². The van der Waals surface area contributed by atoms with Crippen LogP contribution in [0.25, 0.3) is 0 Å². The van der Waals surface area contributed by atoms with Gasteiger partial charge in [0, 0.05) is 30.9 Å². The molecule has 3 N–H and O–H groups in total. The number of nitrogens with zero attached hydrogens (tertiary/aromatic N) is 2. The highest BCUT2D eigenvalue weighted by molar-refractivity contribution is 5.89. The minimum atomic E-state index is -0.862. The Morgan fingerprint density at radius 2 is 2.29 bits per heavy atom. The number of ether oxygens (including phenoxy) is 1. The molecule has 21 heavy (non-hydrogen) atoms. The molecule has 0 spiro atoms. The fourth-order valence-corrected chi connectivity index (χ4v) is 3.72. The molecule has 7 heteroatoms. The third kappa shape index (κ3) is 1.98. The molecule has 0 aromatic carbocycles. The summed E-state index contributed by atoms with van der Waals surface area (Å²) in [6.45, 7) is 6.89. The van der Waals surface area contributed by atoms with Crippen LogP contribution in [0, 0.1) is 18.3 Å². The molecule has 3 unspecified atom stereocenters. The summed E-state index contributed by atoms with van der Waals surface area (Å²) in [5.41, 5.74) is 5.24. The maximum atomic E-state index is 12.5. The summed E-state index contributed by atoms with van der Waals surface area (Å²) < 4.78 is 10.7. The van der Waals surface area contributed by atoms with E-state index in [0.29, 0.717) is 31.3 Å². The van der Waals surface area contributed by atoms with Crippen LogP contribution in [-0.2, 0) is 16.0 Å². The SMILES string of the molecule is Cc1noc(CCNC(=O)C2(N)C3CCOC3C2(C)C)n1. The second-order valence-corrected chi connectivity index (χ2v) is 6.52. The first-order chi connectivity index (χ1) is 9.87. The zero-order valence-corrected chi connectivity index (χ0v) is 12.7. The van der Waals surface area contributed by atoms with Gasteiger partial charge in [-0.1, -0.05) is 19.0 Å². The summed E-state index contributed by atoms with van der Waals surface area (Å²) in [7, 11) is 0. The van der Waals surface area contributed by atoms with E-state index < -0.39 is 5.54 Å². The smallest absolute Gasteiger partial charge is 0.241 e. The molecule has 116 valence electrons. The Hall–Kier alpha value is -1.47. The molecule has 2 fully saturated rings. The summed E-state index contributed by atoms with van der Waals surface area (Å²) in [6, 6.07) is 0. The van der Waals surface area contributed by atoms with Crippen molar-refractivity contribution < 1.29 is 14.1 Å². The molecule has 3 atom stereocenters. The Bertz CT molecular complexity index is 556. The molecular weight excluding hydrogens is 272 g/mol. The second-order valence-electron chi connectivity index (χ2n) is 6.52. The van der Waals surface area contributed by atoms with Crippen molar-refractivity contribution in [2.24, 2.45) is 17.1 Å². The number of carbonyl (C=O) groups excluding carboxylic acids is 1. The van der Waals surface area contributed by atoms with E-state index in [1.165, 1.54) is 0 Å².